The lowest BCUT2D eigenvalue weighted by Gasteiger charge is -2.17. The molecule has 8 nitrogen and oxygen atoms in total. The van der Waals surface area contributed by atoms with Gasteiger partial charge in [0.05, 0.1) is 11.4 Å². The number of nitrogens with zero attached hydrogens (tertiary/aromatic N) is 3. The lowest BCUT2D eigenvalue weighted by Crippen LogP contribution is -2.23. The molecule has 4 rings (SSSR count). The number of nitrogens with one attached hydrogen (secondary N) is 2. The van der Waals surface area contributed by atoms with E-state index in [1.807, 2.05) is 73.0 Å². The van der Waals surface area contributed by atoms with Gasteiger partial charge in [0, 0.05) is 41.2 Å². The Morgan fingerprint density at radius 3 is 2.51 bits per heavy atom. The van der Waals surface area contributed by atoms with Crippen molar-refractivity contribution in [2.75, 3.05) is 12.3 Å². The van der Waals surface area contributed by atoms with Gasteiger partial charge in [0.1, 0.15) is 24.0 Å². The number of carbonyl (C=O) groups excluding carboxylic acids is 1. The smallest absolute Gasteiger partial charge is 0.220 e. The fourth-order valence-corrected chi connectivity index (χ4v) is 4.07. The molecule has 0 saturated carbocycles. The molecule has 0 unspecified atom stereocenters. The van der Waals surface area contributed by atoms with E-state index in [1.165, 1.54) is 0 Å². The molecule has 3 aromatic carbocycles. The van der Waals surface area contributed by atoms with Crippen LogP contribution in [-0.4, -0.2) is 32.9 Å². The van der Waals surface area contributed by atoms with Crippen molar-refractivity contribution in [3.8, 4) is 11.4 Å². The Bertz CT molecular complexity index is 1400. The molecule has 0 aliphatic carbocycles. The monoisotopic (exact) mass is 516 g/mol. The first-order chi connectivity index (χ1) is 17.9. The number of benzene rings is 3. The highest BCUT2D eigenvalue weighted by Crippen LogP contribution is 2.27. The molecular formula is C28H29ClN6O2. The number of aromatic nitrogens is 3. The van der Waals surface area contributed by atoms with E-state index in [0.717, 1.165) is 11.3 Å². The van der Waals surface area contributed by atoms with E-state index in [9.17, 15) is 4.79 Å². The van der Waals surface area contributed by atoms with E-state index in [-0.39, 0.29) is 5.91 Å². The van der Waals surface area contributed by atoms with Crippen LogP contribution in [0.2, 0.25) is 5.02 Å². The van der Waals surface area contributed by atoms with E-state index >= 15 is 0 Å². The fraction of sp³-hybridized carbons (Fsp3) is 0.214. The fourth-order valence-electron chi connectivity index (χ4n) is 3.95. The first kappa shape index (κ1) is 25.9. The summed E-state index contributed by atoms with van der Waals surface area (Å²) in [6, 6.07) is 20.2. The topological polar surface area (TPSA) is 119 Å². The number of anilines is 1. The first-order valence-electron chi connectivity index (χ1n) is 12.0. The summed E-state index contributed by atoms with van der Waals surface area (Å²) in [5.41, 5.74) is 9.83. The zero-order valence-corrected chi connectivity index (χ0v) is 21.5. The van der Waals surface area contributed by atoms with Crippen LogP contribution in [0.4, 0.5) is 5.69 Å². The molecule has 1 amide bonds. The molecule has 4 aromatic rings. The maximum atomic E-state index is 12.1. The number of ether oxygens (including phenoxy) is 1. The number of amides is 1. The van der Waals surface area contributed by atoms with Gasteiger partial charge in [0.25, 0.3) is 0 Å². The van der Waals surface area contributed by atoms with Crippen molar-refractivity contribution in [3.63, 3.8) is 0 Å². The average molecular weight is 517 g/mol. The Morgan fingerprint density at radius 1 is 1.08 bits per heavy atom. The summed E-state index contributed by atoms with van der Waals surface area (Å²) in [4.78, 5) is 12.1. The van der Waals surface area contributed by atoms with Gasteiger partial charge in [-0.25, -0.2) is 0 Å². The second-order valence-corrected chi connectivity index (χ2v) is 8.98. The first-order valence-corrected chi connectivity index (χ1v) is 12.4. The number of rotatable bonds is 10. The van der Waals surface area contributed by atoms with Crippen molar-refractivity contribution in [2.45, 2.75) is 33.3 Å². The molecule has 1 aromatic heterocycles. The van der Waals surface area contributed by atoms with E-state index in [4.69, 9.17) is 27.5 Å². The Hall–Kier alpha value is -4.17. The van der Waals surface area contributed by atoms with Gasteiger partial charge < -0.3 is 15.8 Å². The minimum absolute atomic E-state index is 0.0461. The molecule has 0 atom stereocenters. The lowest BCUT2D eigenvalue weighted by molar-refractivity contribution is -0.120. The van der Waals surface area contributed by atoms with Crippen LogP contribution in [0, 0.1) is 12.3 Å². The third kappa shape index (κ3) is 6.34. The van der Waals surface area contributed by atoms with Crippen LogP contribution in [0.1, 0.15) is 41.7 Å². The summed E-state index contributed by atoms with van der Waals surface area (Å²) in [7, 11) is 0. The highest BCUT2D eigenvalue weighted by molar-refractivity contribution is 6.30. The van der Waals surface area contributed by atoms with Crippen molar-refractivity contribution in [2.24, 2.45) is 0 Å². The summed E-state index contributed by atoms with van der Waals surface area (Å²) in [5, 5.41) is 21.0. The lowest BCUT2D eigenvalue weighted by atomic mass is 10.00. The number of aryl methyl sites for hydroxylation is 2. The molecule has 0 saturated heterocycles. The Balaban J connectivity index is 1.70. The molecule has 1 heterocycles. The van der Waals surface area contributed by atoms with Crippen LogP contribution in [-0.2, 0) is 17.8 Å². The molecule has 0 aliphatic heterocycles. The molecule has 37 heavy (non-hydrogen) atoms. The summed E-state index contributed by atoms with van der Waals surface area (Å²) >= 11 is 6.08. The van der Waals surface area contributed by atoms with E-state index in [1.54, 1.807) is 12.1 Å². The summed E-state index contributed by atoms with van der Waals surface area (Å²) < 4.78 is 7.96. The standard InChI is InChI=1S/C28H29ClN6O2/c1-3-32-27(36)15-14-26-34-33-18(2)35(26)25-13-12-23(37-17-19-4-10-22(30)11-5-19)16-24(25)28(31)20-6-8-21(29)9-7-20/h4-13,16,31H,3,14-15,17,30H2,1-2H3,(H,32,36). The SMILES string of the molecule is CCNC(=O)CCc1nnc(C)n1-c1ccc(OCc2ccc(N)cc2)cc1C(=N)c1ccc(Cl)cc1. The molecular weight excluding hydrogens is 488 g/mol. The molecule has 0 spiro atoms. The van der Waals surface area contributed by atoms with E-state index in [0.29, 0.717) is 70.9 Å². The van der Waals surface area contributed by atoms with E-state index < -0.39 is 0 Å². The maximum absolute atomic E-state index is 12.1. The molecule has 0 aliphatic rings. The highest BCUT2D eigenvalue weighted by Gasteiger charge is 2.19. The van der Waals surface area contributed by atoms with Gasteiger partial charge in [-0.1, -0.05) is 35.9 Å². The average Bonchev–Trinajstić information content (AvgIpc) is 3.27. The molecule has 0 fully saturated rings. The van der Waals surface area contributed by atoms with E-state index in [2.05, 4.69) is 15.5 Å². The van der Waals surface area contributed by atoms with Crippen LogP contribution in [0.15, 0.2) is 66.7 Å². The second-order valence-electron chi connectivity index (χ2n) is 8.54. The van der Waals surface area contributed by atoms with Crippen molar-refractivity contribution in [3.05, 3.63) is 100 Å². The number of hydrogen-bond donors (Lipinski definition) is 3. The largest absolute Gasteiger partial charge is 0.489 e. The van der Waals surface area contributed by atoms with Crippen LogP contribution in [0.5, 0.6) is 5.75 Å². The van der Waals surface area contributed by atoms with Crippen molar-refractivity contribution >= 4 is 28.9 Å². The zero-order valence-electron chi connectivity index (χ0n) is 20.8. The minimum atomic E-state index is -0.0461. The van der Waals surface area contributed by atoms with Crippen molar-refractivity contribution in [1.29, 1.82) is 5.41 Å². The molecule has 9 heteroatoms. The Morgan fingerprint density at radius 2 is 1.81 bits per heavy atom. The quantitative estimate of drug-likeness (QED) is 0.205. The normalized spacial score (nSPS) is 10.8. The summed E-state index contributed by atoms with van der Waals surface area (Å²) in [5.74, 6) is 1.87. The van der Waals surface area contributed by atoms with Gasteiger partial charge in [-0.3, -0.25) is 14.8 Å². The molecule has 4 N–H and O–H groups in total. The number of carbonyl (C=O) groups is 1. The number of halogens is 1. The van der Waals surface area contributed by atoms with Gasteiger partial charge in [0.15, 0.2) is 0 Å². The number of nitrogens with two attached hydrogens (primary N) is 1. The predicted molar refractivity (Wildman–Crippen MR) is 146 cm³/mol. The molecule has 0 bridgehead atoms. The summed E-state index contributed by atoms with van der Waals surface area (Å²) in [6.45, 7) is 4.67. The van der Waals surface area contributed by atoms with Gasteiger partial charge in [-0.15, -0.1) is 10.2 Å². The third-order valence-corrected chi connectivity index (χ3v) is 6.09. The summed E-state index contributed by atoms with van der Waals surface area (Å²) in [6.07, 6.45) is 0.703. The highest BCUT2D eigenvalue weighted by atomic mass is 35.5. The van der Waals surface area contributed by atoms with Gasteiger partial charge in [-0.2, -0.15) is 0 Å². The van der Waals surface area contributed by atoms with Gasteiger partial charge >= 0.3 is 0 Å². The molecule has 190 valence electrons. The van der Waals surface area contributed by atoms with Gasteiger partial charge in [-0.05, 0) is 61.9 Å². The maximum Gasteiger partial charge on any atom is 0.220 e. The van der Waals surface area contributed by atoms with Crippen molar-refractivity contribution < 1.29 is 9.53 Å². The van der Waals surface area contributed by atoms with Crippen LogP contribution in [0.25, 0.3) is 5.69 Å². The van der Waals surface area contributed by atoms with Crippen LogP contribution < -0.4 is 15.8 Å². The zero-order chi connectivity index (χ0) is 26.4. The Labute approximate surface area is 221 Å². The second kappa shape index (κ2) is 11.7. The number of nitrogen functional groups attached to an aromatic ring is 1. The van der Waals surface area contributed by atoms with Crippen LogP contribution >= 0.6 is 11.6 Å². The van der Waals surface area contributed by atoms with Crippen LogP contribution in [0.3, 0.4) is 0 Å². The number of hydrogen-bond acceptors (Lipinski definition) is 6. The Kier molecular flexibility index (Phi) is 8.20. The van der Waals surface area contributed by atoms with Gasteiger partial charge in [0.2, 0.25) is 5.91 Å². The minimum Gasteiger partial charge on any atom is -0.489 e. The predicted octanol–water partition coefficient (Wildman–Crippen LogP) is 4.88. The third-order valence-electron chi connectivity index (χ3n) is 5.84. The van der Waals surface area contributed by atoms with Crippen molar-refractivity contribution in [1.82, 2.24) is 20.1 Å². The molecule has 0 radical (unpaired) electrons.